The molecule has 10 heteroatoms. The molecule has 0 aliphatic carbocycles. The van der Waals surface area contributed by atoms with E-state index in [1.54, 1.807) is 6.07 Å². The SMILES string of the molecule is COc1ccc(C(=O)NNC(=O)c2ccc([N+](=O)[O-])cc2Cl)c(OC)c1. The molecule has 0 bridgehead atoms. The molecule has 0 atom stereocenters. The number of nitro groups is 1. The highest BCUT2D eigenvalue weighted by molar-refractivity contribution is 6.34. The number of hydrogen-bond acceptors (Lipinski definition) is 6. The van der Waals surface area contributed by atoms with Crippen molar-refractivity contribution in [1.29, 1.82) is 0 Å². The van der Waals surface area contributed by atoms with Crippen LogP contribution < -0.4 is 20.3 Å². The van der Waals surface area contributed by atoms with Crippen LogP contribution in [-0.4, -0.2) is 31.0 Å². The first-order valence-electron chi connectivity index (χ1n) is 7.14. The van der Waals surface area contributed by atoms with Gasteiger partial charge >= 0.3 is 0 Å². The molecule has 0 radical (unpaired) electrons. The molecule has 0 fully saturated rings. The molecule has 2 aromatic rings. The highest BCUT2D eigenvalue weighted by atomic mass is 35.5. The Kier molecular flexibility index (Phi) is 5.97. The summed E-state index contributed by atoms with van der Waals surface area (Å²) in [6.07, 6.45) is 0. The zero-order valence-corrected chi connectivity index (χ0v) is 14.5. The minimum Gasteiger partial charge on any atom is -0.497 e. The number of halogens is 1. The fraction of sp³-hybridized carbons (Fsp3) is 0.125. The molecule has 2 amide bonds. The Labute approximate surface area is 153 Å². The van der Waals surface area contributed by atoms with Gasteiger partial charge in [-0.15, -0.1) is 0 Å². The van der Waals surface area contributed by atoms with Gasteiger partial charge in [0.2, 0.25) is 0 Å². The molecular weight excluding hydrogens is 366 g/mol. The molecule has 0 aromatic heterocycles. The summed E-state index contributed by atoms with van der Waals surface area (Å²) in [5.74, 6) is -0.605. The van der Waals surface area contributed by atoms with Gasteiger partial charge in [-0.2, -0.15) is 0 Å². The third-order valence-electron chi connectivity index (χ3n) is 3.35. The topological polar surface area (TPSA) is 120 Å². The Hall–Kier alpha value is -3.33. The number of benzene rings is 2. The van der Waals surface area contributed by atoms with Gasteiger partial charge in [0.1, 0.15) is 11.5 Å². The minimum atomic E-state index is -0.731. The molecule has 0 spiro atoms. The third kappa shape index (κ3) is 4.19. The predicted molar refractivity (Wildman–Crippen MR) is 92.6 cm³/mol. The molecule has 0 heterocycles. The van der Waals surface area contributed by atoms with Crippen LogP contribution in [0.3, 0.4) is 0 Å². The van der Waals surface area contributed by atoms with Crippen LogP contribution in [0.25, 0.3) is 0 Å². The van der Waals surface area contributed by atoms with Crippen molar-refractivity contribution in [3.63, 3.8) is 0 Å². The fourth-order valence-electron chi connectivity index (χ4n) is 2.04. The predicted octanol–water partition coefficient (Wildman–Crippen LogP) is 2.34. The van der Waals surface area contributed by atoms with Crippen LogP contribution in [0.15, 0.2) is 36.4 Å². The number of rotatable bonds is 5. The molecule has 0 saturated heterocycles. The van der Waals surface area contributed by atoms with Gasteiger partial charge in [-0.1, -0.05) is 11.6 Å². The van der Waals surface area contributed by atoms with E-state index in [-0.39, 0.29) is 27.6 Å². The van der Waals surface area contributed by atoms with Crippen LogP contribution in [0.1, 0.15) is 20.7 Å². The third-order valence-corrected chi connectivity index (χ3v) is 3.66. The van der Waals surface area contributed by atoms with Crippen molar-refractivity contribution in [2.75, 3.05) is 14.2 Å². The molecule has 26 heavy (non-hydrogen) atoms. The standard InChI is InChI=1S/C16H14ClN3O6/c1-25-10-4-6-12(14(8-10)26-2)16(22)19-18-15(21)11-5-3-9(20(23)24)7-13(11)17/h3-8H,1-2H3,(H,18,21)(H,19,22). The highest BCUT2D eigenvalue weighted by Gasteiger charge is 2.17. The Morgan fingerprint density at radius 1 is 1.00 bits per heavy atom. The number of hydrogen-bond donors (Lipinski definition) is 2. The molecule has 0 aliphatic heterocycles. The number of nitro benzene ring substituents is 1. The molecule has 136 valence electrons. The summed E-state index contributed by atoms with van der Waals surface area (Å²) in [7, 11) is 2.86. The van der Waals surface area contributed by atoms with E-state index in [1.807, 2.05) is 0 Å². The van der Waals surface area contributed by atoms with Crippen LogP contribution in [0.2, 0.25) is 5.02 Å². The summed E-state index contributed by atoms with van der Waals surface area (Å²) in [4.78, 5) is 34.4. The average molecular weight is 380 g/mol. The van der Waals surface area contributed by atoms with Gasteiger partial charge in [0, 0.05) is 18.2 Å². The molecule has 0 saturated carbocycles. The Morgan fingerprint density at radius 2 is 1.62 bits per heavy atom. The highest BCUT2D eigenvalue weighted by Crippen LogP contribution is 2.24. The maximum absolute atomic E-state index is 12.2. The van der Waals surface area contributed by atoms with Crippen LogP contribution in [0, 0.1) is 10.1 Å². The van der Waals surface area contributed by atoms with Crippen molar-refractivity contribution < 1.29 is 24.0 Å². The van der Waals surface area contributed by atoms with Crippen LogP contribution in [0.4, 0.5) is 5.69 Å². The Morgan fingerprint density at radius 3 is 2.15 bits per heavy atom. The van der Waals surface area contributed by atoms with E-state index < -0.39 is 16.7 Å². The van der Waals surface area contributed by atoms with E-state index >= 15 is 0 Å². The molecular formula is C16H14ClN3O6. The second-order valence-corrected chi connectivity index (χ2v) is 5.30. The monoisotopic (exact) mass is 379 g/mol. The van der Waals surface area contributed by atoms with Crippen molar-refractivity contribution in [3.8, 4) is 11.5 Å². The van der Waals surface area contributed by atoms with Gasteiger partial charge in [-0.25, -0.2) is 0 Å². The first-order chi connectivity index (χ1) is 12.4. The summed E-state index contributed by atoms with van der Waals surface area (Å²) < 4.78 is 10.2. The molecule has 2 rings (SSSR count). The first kappa shape index (κ1) is 19.0. The lowest BCUT2D eigenvalue weighted by atomic mass is 10.2. The van der Waals surface area contributed by atoms with Crippen molar-refractivity contribution in [2.24, 2.45) is 0 Å². The normalized spacial score (nSPS) is 9.96. The van der Waals surface area contributed by atoms with Crippen molar-refractivity contribution >= 4 is 29.1 Å². The molecule has 2 N–H and O–H groups in total. The van der Waals surface area contributed by atoms with E-state index in [2.05, 4.69) is 10.9 Å². The Bertz CT molecular complexity index is 871. The number of carbonyl (C=O) groups is 2. The van der Waals surface area contributed by atoms with E-state index in [0.29, 0.717) is 5.75 Å². The number of nitrogens with one attached hydrogen (secondary N) is 2. The zero-order valence-electron chi connectivity index (χ0n) is 13.7. The lowest BCUT2D eigenvalue weighted by molar-refractivity contribution is -0.384. The van der Waals surface area contributed by atoms with Gasteiger partial charge in [0.05, 0.1) is 35.3 Å². The van der Waals surface area contributed by atoms with Crippen LogP contribution in [-0.2, 0) is 0 Å². The summed E-state index contributed by atoms with van der Waals surface area (Å²) in [5.41, 5.74) is 4.30. The van der Waals surface area contributed by atoms with E-state index in [1.165, 1.54) is 32.4 Å². The first-order valence-corrected chi connectivity index (χ1v) is 7.51. The quantitative estimate of drug-likeness (QED) is 0.607. The maximum atomic E-state index is 12.2. The number of nitrogens with zero attached hydrogens (tertiary/aromatic N) is 1. The second-order valence-electron chi connectivity index (χ2n) is 4.90. The molecule has 0 unspecified atom stereocenters. The molecule has 2 aromatic carbocycles. The number of hydrazine groups is 1. The number of methoxy groups -OCH3 is 2. The van der Waals surface area contributed by atoms with E-state index in [9.17, 15) is 19.7 Å². The van der Waals surface area contributed by atoms with Crippen LogP contribution in [0.5, 0.6) is 11.5 Å². The number of non-ortho nitro benzene ring substituents is 1. The summed E-state index contributed by atoms with van der Waals surface area (Å²) in [5, 5.41) is 10.6. The summed E-state index contributed by atoms with van der Waals surface area (Å²) in [6.45, 7) is 0. The van der Waals surface area contributed by atoms with Crippen molar-refractivity contribution in [2.45, 2.75) is 0 Å². The van der Waals surface area contributed by atoms with Gasteiger partial charge in [0.25, 0.3) is 17.5 Å². The number of carbonyl (C=O) groups excluding carboxylic acids is 2. The number of amides is 2. The Balaban J connectivity index is 2.10. The van der Waals surface area contributed by atoms with Crippen molar-refractivity contribution in [1.82, 2.24) is 10.9 Å². The summed E-state index contributed by atoms with van der Waals surface area (Å²) in [6, 6.07) is 7.92. The lowest BCUT2D eigenvalue weighted by Crippen LogP contribution is -2.41. The smallest absolute Gasteiger partial charge is 0.273 e. The minimum absolute atomic E-state index is 0.0285. The maximum Gasteiger partial charge on any atom is 0.273 e. The average Bonchev–Trinajstić information content (AvgIpc) is 2.64. The molecule has 9 nitrogen and oxygen atoms in total. The largest absolute Gasteiger partial charge is 0.497 e. The fourth-order valence-corrected chi connectivity index (χ4v) is 2.30. The second kappa shape index (κ2) is 8.17. The van der Waals surface area contributed by atoms with E-state index in [0.717, 1.165) is 12.1 Å². The van der Waals surface area contributed by atoms with Gasteiger partial charge in [0.15, 0.2) is 0 Å². The lowest BCUT2D eigenvalue weighted by Gasteiger charge is -2.12. The van der Waals surface area contributed by atoms with Gasteiger partial charge in [-0.3, -0.25) is 30.6 Å². The molecule has 0 aliphatic rings. The van der Waals surface area contributed by atoms with Crippen LogP contribution >= 0.6 is 11.6 Å². The van der Waals surface area contributed by atoms with Gasteiger partial charge in [-0.05, 0) is 18.2 Å². The number of ether oxygens (including phenoxy) is 2. The van der Waals surface area contributed by atoms with E-state index in [4.69, 9.17) is 21.1 Å². The summed E-state index contributed by atoms with van der Waals surface area (Å²) >= 11 is 5.87. The zero-order chi connectivity index (χ0) is 19.3. The van der Waals surface area contributed by atoms with Gasteiger partial charge < -0.3 is 9.47 Å². The van der Waals surface area contributed by atoms with Crippen molar-refractivity contribution in [3.05, 3.63) is 62.7 Å².